The number of ether oxygens (including phenoxy) is 1. The quantitative estimate of drug-likeness (QED) is 0.670. The van der Waals surface area contributed by atoms with E-state index < -0.39 is 0 Å². The summed E-state index contributed by atoms with van der Waals surface area (Å²) in [6, 6.07) is 11.6. The highest BCUT2D eigenvalue weighted by Crippen LogP contribution is 2.36. The summed E-state index contributed by atoms with van der Waals surface area (Å²) in [6.45, 7) is 2.12. The highest BCUT2D eigenvalue weighted by molar-refractivity contribution is 8.05. The summed E-state index contributed by atoms with van der Waals surface area (Å²) in [4.78, 5) is 12.8. The zero-order chi connectivity index (χ0) is 18.7. The van der Waals surface area contributed by atoms with Gasteiger partial charge in [0, 0.05) is 5.69 Å². The van der Waals surface area contributed by atoms with E-state index in [0.29, 0.717) is 20.7 Å². The van der Waals surface area contributed by atoms with E-state index in [1.165, 1.54) is 24.4 Å². The number of benzene rings is 2. The Labute approximate surface area is 166 Å². The molecule has 7 heteroatoms. The van der Waals surface area contributed by atoms with Gasteiger partial charge in [0.15, 0.2) is 11.2 Å². The number of methoxy groups -OCH3 is 1. The second kappa shape index (κ2) is 8.25. The van der Waals surface area contributed by atoms with Crippen LogP contribution in [0.1, 0.15) is 18.1 Å². The van der Waals surface area contributed by atoms with Crippen LogP contribution in [0.15, 0.2) is 41.3 Å². The first-order chi connectivity index (χ1) is 12.5. The molecule has 1 aliphatic heterocycles. The third-order valence-electron chi connectivity index (χ3n) is 3.91. The zero-order valence-electron chi connectivity index (χ0n) is 14.3. The van der Waals surface area contributed by atoms with E-state index in [0.717, 1.165) is 17.7 Å². The molecule has 1 amide bonds. The molecule has 1 saturated heterocycles. The van der Waals surface area contributed by atoms with Gasteiger partial charge in [0.05, 0.1) is 22.1 Å². The van der Waals surface area contributed by atoms with Gasteiger partial charge in [-0.3, -0.25) is 4.79 Å². The van der Waals surface area contributed by atoms with Gasteiger partial charge in [-0.05, 0) is 47.9 Å². The fourth-order valence-corrected chi connectivity index (χ4v) is 4.21. The minimum atomic E-state index is -0.231. The first kappa shape index (κ1) is 19.0. The molecule has 1 aliphatic rings. The lowest BCUT2D eigenvalue weighted by atomic mass is 10.1. The van der Waals surface area contributed by atoms with E-state index in [1.807, 2.05) is 12.1 Å². The van der Waals surface area contributed by atoms with Gasteiger partial charge >= 0.3 is 0 Å². The van der Waals surface area contributed by atoms with Gasteiger partial charge in [0.25, 0.3) is 5.91 Å². The number of nitrogens with one attached hydrogen (secondary N) is 2. The standard InChI is InChI=1S/C19H18Cl2N2O2S/c1-3-11-4-6-13(7-5-11)22-19-23-18(24)16(26-19)10-12-8-14(20)17(25-2)15(21)9-12/h4-10,19,22H,3H2,1-2H3,(H,23,24)/b16-10-/t19-/m1/s1. The van der Waals surface area contributed by atoms with Crippen LogP contribution >= 0.6 is 35.0 Å². The van der Waals surface area contributed by atoms with Gasteiger partial charge in [-0.25, -0.2) is 0 Å². The van der Waals surface area contributed by atoms with Crippen molar-refractivity contribution in [1.82, 2.24) is 5.32 Å². The Morgan fingerprint density at radius 1 is 1.23 bits per heavy atom. The average Bonchev–Trinajstić information content (AvgIpc) is 2.94. The van der Waals surface area contributed by atoms with Crippen LogP contribution in [0.25, 0.3) is 6.08 Å². The predicted octanol–water partition coefficient (Wildman–Crippen LogP) is 5.16. The van der Waals surface area contributed by atoms with Crippen molar-refractivity contribution in [3.05, 3.63) is 62.5 Å². The molecule has 2 aromatic rings. The Kier molecular flexibility index (Phi) is 6.01. The predicted molar refractivity (Wildman–Crippen MR) is 110 cm³/mol. The zero-order valence-corrected chi connectivity index (χ0v) is 16.6. The summed E-state index contributed by atoms with van der Waals surface area (Å²) < 4.78 is 5.14. The third-order valence-corrected chi connectivity index (χ3v) is 5.50. The maximum Gasteiger partial charge on any atom is 0.260 e. The molecule has 2 N–H and O–H groups in total. The molecule has 0 radical (unpaired) electrons. The van der Waals surface area contributed by atoms with E-state index in [9.17, 15) is 4.79 Å². The van der Waals surface area contributed by atoms with Gasteiger partial charge in [-0.2, -0.15) is 0 Å². The van der Waals surface area contributed by atoms with Crippen molar-refractivity contribution in [1.29, 1.82) is 0 Å². The van der Waals surface area contributed by atoms with E-state index in [4.69, 9.17) is 27.9 Å². The van der Waals surface area contributed by atoms with Crippen LogP contribution in [0.3, 0.4) is 0 Å². The number of anilines is 1. The lowest BCUT2D eigenvalue weighted by Gasteiger charge is -2.12. The smallest absolute Gasteiger partial charge is 0.260 e. The summed E-state index contributed by atoms with van der Waals surface area (Å²) in [6.07, 6.45) is 2.76. The van der Waals surface area contributed by atoms with Crippen molar-refractivity contribution in [2.45, 2.75) is 18.8 Å². The van der Waals surface area contributed by atoms with Gasteiger partial charge in [-0.15, -0.1) is 0 Å². The minimum Gasteiger partial charge on any atom is -0.494 e. The fourth-order valence-electron chi connectivity index (χ4n) is 2.56. The first-order valence-electron chi connectivity index (χ1n) is 8.08. The summed E-state index contributed by atoms with van der Waals surface area (Å²) in [5.41, 5.74) is 2.74. The summed E-state index contributed by atoms with van der Waals surface area (Å²) in [5.74, 6) is 0.287. The van der Waals surface area contributed by atoms with Crippen molar-refractivity contribution in [3.8, 4) is 5.75 Å². The van der Waals surface area contributed by atoms with Crippen LogP contribution in [-0.2, 0) is 11.2 Å². The van der Waals surface area contributed by atoms with Crippen molar-refractivity contribution in [3.63, 3.8) is 0 Å². The lowest BCUT2D eigenvalue weighted by molar-refractivity contribution is -0.116. The molecule has 136 valence electrons. The molecule has 0 saturated carbocycles. The molecule has 1 fully saturated rings. The molecule has 4 nitrogen and oxygen atoms in total. The Morgan fingerprint density at radius 3 is 2.46 bits per heavy atom. The Morgan fingerprint density at radius 2 is 1.88 bits per heavy atom. The monoisotopic (exact) mass is 408 g/mol. The molecule has 0 spiro atoms. The van der Waals surface area contributed by atoms with Crippen LogP contribution < -0.4 is 15.4 Å². The maximum absolute atomic E-state index is 12.2. The second-order valence-corrected chi connectivity index (χ2v) is 7.65. The van der Waals surface area contributed by atoms with Crippen LogP contribution in [0, 0.1) is 0 Å². The molecule has 0 unspecified atom stereocenters. The number of halogens is 2. The van der Waals surface area contributed by atoms with E-state index in [1.54, 1.807) is 18.2 Å². The summed E-state index contributed by atoms with van der Waals surface area (Å²) in [5, 5.41) is 7.01. The van der Waals surface area contributed by atoms with Gasteiger partial charge in [0.1, 0.15) is 0 Å². The number of amides is 1. The Balaban J connectivity index is 1.73. The van der Waals surface area contributed by atoms with Gasteiger partial charge < -0.3 is 15.4 Å². The fraction of sp³-hybridized carbons (Fsp3) is 0.211. The Hall–Kier alpha value is -1.82. The number of carbonyl (C=O) groups excluding carboxylic acids is 1. The number of carbonyl (C=O) groups is 1. The molecule has 26 heavy (non-hydrogen) atoms. The maximum atomic E-state index is 12.2. The summed E-state index contributed by atoms with van der Waals surface area (Å²) >= 11 is 13.7. The van der Waals surface area contributed by atoms with Crippen LogP contribution in [0.2, 0.25) is 10.0 Å². The summed E-state index contributed by atoms with van der Waals surface area (Å²) in [7, 11) is 1.51. The van der Waals surface area contributed by atoms with Crippen molar-refractivity contribution < 1.29 is 9.53 Å². The molecule has 3 rings (SSSR count). The van der Waals surface area contributed by atoms with Crippen molar-refractivity contribution >= 4 is 52.6 Å². The normalized spacial score (nSPS) is 18.1. The molecule has 0 aliphatic carbocycles. The molecular formula is C19H18Cl2N2O2S. The van der Waals surface area contributed by atoms with Crippen LogP contribution in [0.5, 0.6) is 5.75 Å². The molecule has 0 aromatic heterocycles. The van der Waals surface area contributed by atoms with E-state index in [2.05, 4.69) is 29.7 Å². The third kappa shape index (κ3) is 4.29. The highest BCUT2D eigenvalue weighted by atomic mass is 35.5. The van der Waals surface area contributed by atoms with Gasteiger partial charge in [-0.1, -0.05) is 54.0 Å². The second-order valence-electron chi connectivity index (χ2n) is 5.69. The van der Waals surface area contributed by atoms with Crippen molar-refractivity contribution in [2.75, 3.05) is 12.4 Å². The van der Waals surface area contributed by atoms with Crippen LogP contribution in [0.4, 0.5) is 5.69 Å². The number of aryl methyl sites for hydroxylation is 1. The SMILES string of the molecule is CCc1ccc(N[C@@H]2NC(=O)/C(=C/c3cc(Cl)c(OC)c(Cl)c3)S2)cc1. The van der Waals surface area contributed by atoms with Crippen molar-refractivity contribution in [2.24, 2.45) is 0 Å². The highest BCUT2D eigenvalue weighted by Gasteiger charge is 2.27. The van der Waals surface area contributed by atoms with Crippen LogP contribution in [-0.4, -0.2) is 18.5 Å². The molecule has 1 heterocycles. The molecule has 1 atom stereocenters. The molecular weight excluding hydrogens is 391 g/mol. The first-order valence-corrected chi connectivity index (χ1v) is 9.71. The Bertz CT molecular complexity index is 830. The lowest BCUT2D eigenvalue weighted by Crippen LogP contribution is -2.30. The number of hydrogen-bond acceptors (Lipinski definition) is 4. The largest absolute Gasteiger partial charge is 0.494 e. The number of hydrogen-bond donors (Lipinski definition) is 2. The minimum absolute atomic E-state index is 0.138. The number of rotatable bonds is 5. The van der Waals surface area contributed by atoms with E-state index >= 15 is 0 Å². The number of thioether (sulfide) groups is 1. The van der Waals surface area contributed by atoms with E-state index in [-0.39, 0.29) is 11.4 Å². The van der Waals surface area contributed by atoms with Gasteiger partial charge in [0.2, 0.25) is 0 Å². The topological polar surface area (TPSA) is 50.4 Å². The molecule has 0 bridgehead atoms. The molecule has 2 aromatic carbocycles. The average molecular weight is 409 g/mol.